The molecule has 94 valence electrons. The van der Waals surface area contributed by atoms with Gasteiger partial charge in [0.1, 0.15) is 0 Å². The van der Waals surface area contributed by atoms with Crippen molar-refractivity contribution in [3.8, 4) is 0 Å². The standard InChI is InChI=1S/C11H14BrNO2S2/c1-9-8-13(6-7-16-9)17(14,15)11-4-2-10(12)3-5-11/h2-5,9H,6-8H2,1H3. The van der Waals surface area contributed by atoms with Gasteiger partial charge in [0.2, 0.25) is 10.0 Å². The van der Waals surface area contributed by atoms with Crippen molar-refractivity contribution in [2.45, 2.75) is 17.1 Å². The van der Waals surface area contributed by atoms with E-state index >= 15 is 0 Å². The lowest BCUT2D eigenvalue weighted by molar-refractivity contribution is 0.424. The lowest BCUT2D eigenvalue weighted by atomic mass is 10.4. The Morgan fingerprint density at radius 2 is 2.00 bits per heavy atom. The molecule has 0 aromatic heterocycles. The molecule has 0 amide bonds. The number of halogens is 1. The van der Waals surface area contributed by atoms with E-state index in [9.17, 15) is 8.42 Å². The molecule has 6 heteroatoms. The molecule has 2 rings (SSSR count). The van der Waals surface area contributed by atoms with Crippen LogP contribution in [0.1, 0.15) is 6.92 Å². The van der Waals surface area contributed by atoms with Crippen LogP contribution in [0.5, 0.6) is 0 Å². The minimum Gasteiger partial charge on any atom is -0.207 e. The smallest absolute Gasteiger partial charge is 0.207 e. The molecule has 1 aliphatic rings. The average molecular weight is 336 g/mol. The maximum absolute atomic E-state index is 12.3. The zero-order valence-electron chi connectivity index (χ0n) is 9.47. The van der Waals surface area contributed by atoms with Gasteiger partial charge in [-0.05, 0) is 24.3 Å². The Labute approximate surface area is 115 Å². The van der Waals surface area contributed by atoms with Gasteiger partial charge in [-0.15, -0.1) is 0 Å². The Kier molecular flexibility index (Phi) is 4.18. The third kappa shape index (κ3) is 3.05. The molecule has 1 atom stereocenters. The molecule has 0 bridgehead atoms. The largest absolute Gasteiger partial charge is 0.243 e. The first-order valence-electron chi connectivity index (χ1n) is 5.37. The van der Waals surface area contributed by atoms with Gasteiger partial charge in [0, 0.05) is 28.6 Å². The van der Waals surface area contributed by atoms with Crippen molar-refractivity contribution < 1.29 is 8.42 Å². The summed E-state index contributed by atoms with van der Waals surface area (Å²) in [4.78, 5) is 0.375. The van der Waals surface area contributed by atoms with Crippen LogP contribution in [0.4, 0.5) is 0 Å². The highest BCUT2D eigenvalue weighted by Crippen LogP contribution is 2.24. The number of thioether (sulfide) groups is 1. The van der Waals surface area contributed by atoms with Gasteiger partial charge in [-0.2, -0.15) is 16.1 Å². The summed E-state index contributed by atoms with van der Waals surface area (Å²) < 4.78 is 27.2. The summed E-state index contributed by atoms with van der Waals surface area (Å²) in [6, 6.07) is 6.81. The van der Waals surface area contributed by atoms with Crippen LogP contribution in [0.2, 0.25) is 0 Å². The number of hydrogen-bond acceptors (Lipinski definition) is 3. The highest BCUT2D eigenvalue weighted by Gasteiger charge is 2.28. The Morgan fingerprint density at radius 3 is 2.59 bits per heavy atom. The molecule has 1 heterocycles. The molecule has 0 saturated carbocycles. The van der Waals surface area contributed by atoms with Crippen molar-refractivity contribution >= 4 is 37.7 Å². The number of benzene rings is 1. The summed E-state index contributed by atoms with van der Waals surface area (Å²) in [5.41, 5.74) is 0. The second-order valence-corrected chi connectivity index (χ2v) is 8.40. The summed E-state index contributed by atoms with van der Waals surface area (Å²) in [5, 5.41) is 0.369. The Morgan fingerprint density at radius 1 is 1.35 bits per heavy atom. The molecule has 1 unspecified atom stereocenters. The van der Waals surface area contributed by atoms with Gasteiger partial charge in [0.25, 0.3) is 0 Å². The van der Waals surface area contributed by atoms with Crippen LogP contribution in [0.3, 0.4) is 0 Å². The molecule has 17 heavy (non-hydrogen) atoms. The van der Waals surface area contributed by atoms with Gasteiger partial charge < -0.3 is 0 Å². The molecular weight excluding hydrogens is 322 g/mol. The summed E-state index contributed by atoms with van der Waals surface area (Å²) >= 11 is 5.13. The Bertz CT molecular complexity index is 487. The van der Waals surface area contributed by atoms with Crippen LogP contribution in [-0.2, 0) is 10.0 Å². The summed E-state index contributed by atoms with van der Waals surface area (Å²) in [6.45, 7) is 3.27. The molecular formula is C11H14BrNO2S2. The van der Waals surface area contributed by atoms with Crippen LogP contribution >= 0.6 is 27.7 Å². The monoisotopic (exact) mass is 335 g/mol. The van der Waals surface area contributed by atoms with E-state index in [1.54, 1.807) is 28.6 Å². The minimum absolute atomic E-state index is 0.369. The first-order valence-corrected chi connectivity index (χ1v) is 8.65. The zero-order valence-corrected chi connectivity index (χ0v) is 12.7. The van der Waals surface area contributed by atoms with Crippen LogP contribution < -0.4 is 0 Å². The lowest BCUT2D eigenvalue weighted by Crippen LogP contribution is -2.40. The number of sulfonamides is 1. The zero-order chi connectivity index (χ0) is 12.5. The third-order valence-electron chi connectivity index (χ3n) is 2.66. The molecule has 1 saturated heterocycles. The number of hydrogen-bond donors (Lipinski definition) is 0. The highest BCUT2D eigenvalue weighted by molar-refractivity contribution is 9.10. The molecule has 1 aliphatic heterocycles. The summed E-state index contributed by atoms with van der Waals surface area (Å²) in [5.74, 6) is 0.872. The van der Waals surface area contributed by atoms with E-state index in [-0.39, 0.29) is 0 Å². The average Bonchev–Trinajstić information content (AvgIpc) is 2.29. The van der Waals surface area contributed by atoms with E-state index in [2.05, 4.69) is 22.9 Å². The summed E-state index contributed by atoms with van der Waals surface area (Å²) in [7, 11) is -3.31. The van der Waals surface area contributed by atoms with Crippen molar-refractivity contribution in [1.29, 1.82) is 0 Å². The second-order valence-electron chi connectivity index (χ2n) is 4.00. The molecule has 0 radical (unpaired) electrons. The van der Waals surface area contributed by atoms with Gasteiger partial charge in [0.15, 0.2) is 0 Å². The van der Waals surface area contributed by atoms with E-state index in [1.165, 1.54) is 0 Å². The van der Waals surface area contributed by atoms with Crippen molar-refractivity contribution in [3.05, 3.63) is 28.7 Å². The molecule has 1 aromatic rings. The van der Waals surface area contributed by atoms with Gasteiger partial charge in [0.05, 0.1) is 4.90 Å². The molecule has 0 N–H and O–H groups in total. The molecule has 0 spiro atoms. The van der Waals surface area contributed by atoms with Crippen LogP contribution in [0.15, 0.2) is 33.6 Å². The predicted octanol–water partition coefficient (Wildman–Crippen LogP) is 2.58. The number of nitrogens with zero attached hydrogens (tertiary/aromatic N) is 1. The van der Waals surface area contributed by atoms with Crippen LogP contribution in [0.25, 0.3) is 0 Å². The quantitative estimate of drug-likeness (QED) is 0.833. The van der Waals surface area contributed by atoms with Crippen molar-refractivity contribution in [2.75, 3.05) is 18.8 Å². The van der Waals surface area contributed by atoms with Gasteiger partial charge in [-0.1, -0.05) is 22.9 Å². The fraction of sp³-hybridized carbons (Fsp3) is 0.455. The van der Waals surface area contributed by atoms with E-state index in [1.807, 2.05) is 11.8 Å². The highest BCUT2D eigenvalue weighted by atomic mass is 79.9. The van der Waals surface area contributed by atoms with Crippen molar-refractivity contribution in [1.82, 2.24) is 4.31 Å². The third-order valence-corrected chi connectivity index (χ3v) is 6.20. The fourth-order valence-corrected chi connectivity index (χ4v) is 4.78. The van der Waals surface area contributed by atoms with Crippen molar-refractivity contribution in [2.24, 2.45) is 0 Å². The Balaban J connectivity index is 2.26. The van der Waals surface area contributed by atoms with E-state index in [0.717, 1.165) is 10.2 Å². The second kappa shape index (κ2) is 5.30. The van der Waals surface area contributed by atoms with Gasteiger partial charge >= 0.3 is 0 Å². The van der Waals surface area contributed by atoms with E-state index in [0.29, 0.717) is 23.2 Å². The lowest BCUT2D eigenvalue weighted by Gasteiger charge is -2.29. The van der Waals surface area contributed by atoms with Crippen molar-refractivity contribution in [3.63, 3.8) is 0 Å². The number of rotatable bonds is 2. The molecule has 1 fully saturated rings. The normalized spacial score (nSPS) is 22.6. The maximum atomic E-state index is 12.3. The topological polar surface area (TPSA) is 37.4 Å². The van der Waals surface area contributed by atoms with Gasteiger partial charge in [-0.3, -0.25) is 0 Å². The first kappa shape index (κ1) is 13.4. The molecule has 1 aromatic carbocycles. The maximum Gasteiger partial charge on any atom is 0.243 e. The van der Waals surface area contributed by atoms with E-state index < -0.39 is 10.0 Å². The molecule has 0 aliphatic carbocycles. The Hall–Kier alpha value is -0.0400. The molecule has 3 nitrogen and oxygen atoms in total. The first-order chi connectivity index (χ1) is 8.00. The summed E-state index contributed by atoms with van der Waals surface area (Å²) in [6.07, 6.45) is 0. The fourth-order valence-electron chi connectivity index (χ4n) is 1.76. The minimum atomic E-state index is -3.31. The van der Waals surface area contributed by atoms with Crippen LogP contribution in [0, 0.1) is 0 Å². The van der Waals surface area contributed by atoms with Crippen LogP contribution in [-0.4, -0.2) is 36.8 Å². The van der Waals surface area contributed by atoms with Gasteiger partial charge in [-0.25, -0.2) is 8.42 Å². The van der Waals surface area contributed by atoms with E-state index in [4.69, 9.17) is 0 Å². The SMILES string of the molecule is CC1CN(S(=O)(=O)c2ccc(Br)cc2)CCS1. The predicted molar refractivity (Wildman–Crippen MR) is 74.8 cm³/mol.